The number of primary sulfonamides is 1. The van der Waals surface area contributed by atoms with Crippen LogP contribution in [-0.2, 0) is 10.0 Å². The number of H-pyrrole nitrogens is 1. The van der Waals surface area contributed by atoms with Crippen molar-refractivity contribution in [2.45, 2.75) is 44.4 Å². The SMILES string of the molecule is NS(=O)(=O)C[C@H]1CCN(C(=O)c2cn[nH]c2C2CCCCC2)C1. The molecule has 1 aliphatic heterocycles. The van der Waals surface area contributed by atoms with Gasteiger partial charge < -0.3 is 4.90 Å². The van der Waals surface area contributed by atoms with E-state index in [1.807, 2.05) is 0 Å². The van der Waals surface area contributed by atoms with Gasteiger partial charge in [-0.1, -0.05) is 19.3 Å². The zero-order valence-corrected chi connectivity index (χ0v) is 14.0. The van der Waals surface area contributed by atoms with Gasteiger partial charge in [0.2, 0.25) is 10.0 Å². The minimum absolute atomic E-state index is 0.0451. The molecule has 1 aromatic rings. The van der Waals surface area contributed by atoms with E-state index in [1.165, 1.54) is 19.3 Å². The first-order chi connectivity index (χ1) is 10.9. The largest absolute Gasteiger partial charge is 0.338 e. The van der Waals surface area contributed by atoms with Crippen molar-refractivity contribution in [3.63, 3.8) is 0 Å². The Bertz CT molecular complexity index is 664. The molecule has 2 heterocycles. The standard InChI is InChI=1S/C15H24N4O3S/c16-23(21,22)10-11-6-7-19(9-11)15(20)13-8-17-18-14(13)12-4-2-1-3-5-12/h8,11-12H,1-7,9-10H2,(H,17,18)(H2,16,21,22)/t11-/m0/s1. The summed E-state index contributed by atoms with van der Waals surface area (Å²) in [5.41, 5.74) is 1.60. The average Bonchev–Trinajstić information content (AvgIpc) is 3.15. The van der Waals surface area contributed by atoms with Crippen molar-refractivity contribution < 1.29 is 13.2 Å². The number of carbonyl (C=O) groups excluding carboxylic acids is 1. The maximum absolute atomic E-state index is 12.8. The average molecular weight is 340 g/mol. The molecule has 2 aliphatic rings. The van der Waals surface area contributed by atoms with Gasteiger partial charge >= 0.3 is 0 Å². The third kappa shape index (κ3) is 3.92. The second-order valence-corrected chi connectivity index (χ2v) is 8.43. The fraction of sp³-hybridized carbons (Fsp3) is 0.733. The smallest absolute Gasteiger partial charge is 0.257 e. The molecular formula is C15H24N4O3S. The summed E-state index contributed by atoms with van der Waals surface area (Å²) in [5, 5.41) is 12.2. The molecule has 1 amide bonds. The van der Waals surface area contributed by atoms with Crippen LogP contribution in [0.2, 0.25) is 0 Å². The topological polar surface area (TPSA) is 109 Å². The highest BCUT2D eigenvalue weighted by atomic mass is 32.2. The minimum Gasteiger partial charge on any atom is -0.338 e. The summed E-state index contributed by atoms with van der Waals surface area (Å²) in [4.78, 5) is 14.5. The molecule has 8 heteroatoms. The second-order valence-electron chi connectivity index (χ2n) is 6.77. The molecule has 1 aliphatic carbocycles. The molecule has 1 saturated heterocycles. The number of nitrogens with two attached hydrogens (primary N) is 1. The van der Waals surface area contributed by atoms with E-state index in [-0.39, 0.29) is 17.6 Å². The first-order valence-corrected chi connectivity index (χ1v) is 9.98. The van der Waals surface area contributed by atoms with Crippen molar-refractivity contribution >= 4 is 15.9 Å². The van der Waals surface area contributed by atoms with E-state index in [2.05, 4.69) is 10.2 Å². The van der Waals surface area contributed by atoms with E-state index in [9.17, 15) is 13.2 Å². The van der Waals surface area contributed by atoms with Crippen LogP contribution in [0, 0.1) is 5.92 Å². The highest BCUT2D eigenvalue weighted by molar-refractivity contribution is 7.89. The number of hydrogen-bond acceptors (Lipinski definition) is 4. The summed E-state index contributed by atoms with van der Waals surface area (Å²) < 4.78 is 22.4. The van der Waals surface area contributed by atoms with E-state index in [0.717, 1.165) is 18.5 Å². The number of aromatic nitrogens is 2. The first kappa shape index (κ1) is 16.4. The summed E-state index contributed by atoms with van der Waals surface area (Å²) in [6.07, 6.45) is 8.12. The zero-order valence-electron chi connectivity index (χ0n) is 13.2. The Morgan fingerprint density at radius 3 is 2.74 bits per heavy atom. The number of rotatable bonds is 4. The predicted octanol–water partition coefficient (Wildman–Crippen LogP) is 1.21. The van der Waals surface area contributed by atoms with Gasteiger partial charge in [-0.15, -0.1) is 0 Å². The number of carbonyl (C=O) groups is 1. The van der Waals surface area contributed by atoms with Gasteiger partial charge in [0.25, 0.3) is 5.91 Å². The molecule has 0 spiro atoms. The third-order valence-corrected chi connectivity index (χ3v) is 5.89. The minimum atomic E-state index is -3.49. The molecule has 1 aromatic heterocycles. The van der Waals surface area contributed by atoms with Gasteiger partial charge in [-0.2, -0.15) is 5.10 Å². The lowest BCUT2D eigenvalue weighted by atomic mass is 9.85. The molecule has 0 aromatic carbocycles. The lowest BCUT2D eigenvalue weighted by Crippen LogP contribution is -2.31. The molecule has 1 atom stereocenters. The summed E-state index contributed by atoms with van der Waals surface area (Å²) in [6, 6.07) is 0. The van der Waals surface area contributed by atoms with Crippen LogP contribution >= 0.6 is 0 Å². The van der Waals surface area contributed by atoms with Gasteiger partial charge in [-0.05, 0) is 25.2 Å². The number of nitrogens with one attached hydrogen (secondary N) is 1. The number of sulfonamides is 1. The zero-order chi connectivity index (χ0) is 16.4. The van der Waals surface area contributed by atoms with Gasteiger partial charge in [0, 0.05) is 19.0 Å². The van der Waals surface area contributed by atoms with Crippen molar-refractivity contribution in [3.05, 3.63) is 17.5 Å². The molecule has 7 nitrogen and oxygen atoms in total. The van der Waals surface area contributed by atoms with Crippen LogP contribution in [0.1, 0.15) is 60.5 Å². The number of amides is 1. The van der Waals surface area contributed by atoms with Crippen LogP contribution in [-0.4, -0.2) is 48.3 Å². The van der Waals surface area contributed by atoms with Gasteiger partial charge in [0.1, 0.15) is 0 Å². The Hall–Kier alpha value is -1.41. The lowest BCUT2D eigenvalue weighted by molar-refractivity contribution is 0.0786. The maximum atomic E-state index is 12.8. The van der Waals surface area contributed by atoms with Crippen molar-refractivity contribution in [2.24, 2.45) is 11.1 Å². The van der Waals surface area contributed by atoms with Crippen LogP contribution < -0.4 is 5.14 Å². The van der Waals surface area contributed by atoms with E-state index in [0.29, 0.717) is 31.0 Å². The Kier molecular flexibility index (Phi) is 4.72. The summed E-state index contributed by atoms with van der Waals surface area (Å²) >= 11 is 0. The summed E-state index contributed by atoms with van der Waals surface area (Å²) in [6.45, 7) is 1.03. The van der Waals surface area contributed by atoms with Crippen LogP contribution in [0.5, 0.6) is 0 Å². The normalized spacial score (nSPS) is 23.3. The van der Waals surface area contributed by atoms with Crippen LogP contribution in [0.3, 0.4) is 0 Å². The molecule has 2 fully saturated rings. The molecule has 0 bridgehead atoms. The molecule has 1 saturated carbocycles. The maximum Gasteiger partial charge on any atom is 0.257 e. The Morgan fingerprint density at radius 2 is 2.04 bits per heavy atom. The van der Waals surface area contributed by atoms with E-state index in [1.54, 1.807) is 11.1 Å². The Morgan fingerprint density at radius 1 is 1.30 bits per heavy atom. The van der Waals surface area contributed by atoms with Crippen LogP contribution in [0.4, 0.5) is 0 Å². The van der Waals surface area contributed by atoms with Crippen molar-refractivity contribution in [1.29, 1.82) is 0 Å². The van der Waals surface area contributed by atoms with Crippen LogP contribution in [0.25, 0.3) is 0 Å². The van der Waals surface area contributed by atoms with Gasteiger partial charge in [-0.25, -0.2) is 13.6 Å². The first-order valence-electron chi connectivity index (χ1n) is 8.27. The van der Waals surface area contributed by atoms with E-state index >= 15 is 0 Å². The summed E-state index contributed by atoms with van der Waals surface area (Å²) in [5.74, 6) is 0.209. The molecule has 3 N–H and O–H groups in total. The van der Waals surface area contributed by atoms with E-state index in [4.69, 9.17) is 5.14 Å². The Balaban J connectivity index is 1.68. The van der Waals surface area contributed by atoms with Crippen molar-refractivity contribution in [1.82, 2.24) is 15.1 Å². The third-order valence-electron chi connectivity index (χ3n) is 4.95. The van der Waals surface area contributed by atoms with E-state index < -0.39 is 10.0 Å². The second kappa shape index (κ2) is 6.60. The molecular weight excluding hydrogens is 316 g/mol. The van der Waals surface area contributed by atoms with Crippen LogP contribution in [0.15, 0.2) is 6.20 Å². The summed E-state index contributed by atoms with van der Waals surface area (Å²) in [7, 11) is -3.49. The van der Waals surface area contributed by atoms with Gasteiger partial charge in [-0.3, -0.25) is 9.89 Å². The molecule has 0 radical (unpaired) electrons. The molecule has 128 valence electrons. The molecule has 23 heavy (non-hydrogen) atoms. The fourth-order valence-electron chi connectivity index (χ4n) is 3.82. The Labute approximate surface area is 136 Å². The lowest BCUT2D eigenvalue weighted by Gasteiger charge is -2.23. The fourth-order valence-corrected chi connectivity index (χ4v) is 4.75. The molecule has 3 rings (SSSR count). The number of aromatic amines is 1. The van der Waals surface area contributed by atoms with Gasteiger partial charge in [0.15, 0.2) is 0 Å². The highest BCUT2D eigenvalue weighted by Gasteiger charge is 2.32. The molecule has 0 unspecified atom stereocenters. The quantitative estimate of drug-likeness (QED) is 0.858. The predicted molar refractivity (Wildman–Crippen MR) is 86.4 cm³/mol. The van der Waals surface area contributed by atoms with Gasteiger partial charge in [0.05, 0.1) is 23.2 Å². The van der Waals surface area contributed by atoms with Crippen molar-refractivity contribution in [2.75, 3.05) is 18.8 Å². The highest BCUT2D eigenvalue weighted by Crippen LogP contribution is 2.34. The monoisotopic (exact) mass is 340 g/mol. The number of hydrogen-bond donors (Lipinski definition) is 2. The van der Waals surface area contributed by atoms with Crippen molar-refractivity contribution in [3.8, 4) is 0 Å². The number of likely N-dealkylation sites (tertiary alicyclic amines) is 1. The number of nitrogens with zero attached hydrogens (tertiary/aromatic N) is 2.